The van der Waals surface area contributed by atoms with Gasteiger partial charge in [0.2, 0.25) is 0 Å². The number of nitrogens with one attached hydrogen (secondary N) is 1. The lowest BCUT2D eigenvalue weighted by molar-refractivity contribution is 0.0728. The van der Waals surface area contributed by atoms with Crippen LogP contribution >= 0.6 is 15.9 Å². The molecule has 126 valence electrons. The molecule has 0 atom stereocenters. The van der Waals surface area contributed by atoms with E-state index in [0.717, 1.165) is 43.4 Å². The van der Waals surface area contributed by atoms with Crippen molar-refractivity contribution in [3.05, 3.63) is 45.7 Å². The monoisotopic (exact) mass is 389 g/mol. The molecule has 24 heavy (non-hydrogen) atoms. The standard InChI is InChI=1S/C17H20BrN5O/c18-15-3-1-2-12-6-9-22(10-14(12)15)17(24)16-11-23(21-20-16)13-4-7-19-8-5-13/h1-3,11,13,19H,4-10H2. The van der Waals surface area contributed by atoms with Gasteiger partial charge in [-0.05, 0) is 49.5 Å². The highest BCUT2D eigenvalue weighted by atomic mass is 79.9. The van der Waals surface area contributed by atoms with E-state index in [1.54, 1.807) is 0 Å². The van der Waals surface area contributed by atoms with Gasteiger partial charge in [-0.2, -0.15) is 0 Å². The molecular weight excluding hydrogens is 370 g/mol. The van der Waals surface area contributed by atoms with Crippen LogP contribution in [0.15, 0.2) is 28.9 Å². The first kappa shape index (κ1) is 15.8. The molecule has 4 rings (SSSR count). The summed E-state index contributed by atoms with van der Waals surface area (Å²) in [5.41, 5.74) is 2.96. The van der Waals surface area contributed by atoms with Crippen molar-refractivity contribution < 1.29 is 4.79 Å². The minimum absolute atomic E-state index is 0.0309. The minimum Gasteiger partial charge on any atom is -0.332 e. The fourth-order valence-corrected chi connectivity index (χ4v) is 4.03. The summed E-state index contributed by atoms with van der Waals surface area (Å²) in [6.45, 7) is 3.33. The van der Waals surface area contributed by atoms with Crippen molar-refractivity contribution in [1.29, 1.82) is 0 Å². The third-order valence-electron chi connectivity index (χ3n) is 4.92. The number of fused-ring (bicyclic) bond motifs is 1. The van der Waals surface area contributed by atoms with Crippen LogP contribution in [-0.4, -0.2) is 45.4 Å². The normalized spacial score (nSPS) is 18.5. The van der Waals surface area contributed by atoms with E-state index in [0.29, 0.717) is 18.3 Å². The summed E-state index contributed by atoms with van der Waals surface area (Å²) in [4.78, 5) is 14.7. The van der Waals surface area contributed by atoms with Crippen molar-refractivity contribution in [3.63, 3.8) is 0 Å². The molecule has 1 fully saturated rings. The average Bonchev–Trinajstić information content (AvgIpc) is 3.12. The predicted molar refractivity (Wildman–Crippen MR) is 93.7 cm³/mol. The van der Waals surface area contributed by atoms with Gasteiger partial charge in [0.15, 0.2) is 5.69 Å². The van der Waals surface area contributed by atoms with E-state index in [-0.39, 0.29) is 5.91 Å². The van der Waals surface area contributed by atoms with Crippen molar-refractivity contribution in [1.82, 2.24) is 25.2 Å². The van der Waals surface area contributed by atoms with Crippen LogP contribution in [0, 0.1) is 0 Å². The van der Waals surface area contributed by atoms with Crippen LogP contribution in [0.5, 0.6) is 0 Å². The molecule has 0 radical (unpaired) electrons. The van der Waals surface area contributed by atoms with Gasteiger partial charge < -0.3 is 10.2 Å². The molecular formula is C17H20BrN5O. The van der Waals surface area contributed by atoms with Gasteiger partial charge in [-0.1, -0.05) is 33.3 Å². The second-order valence-electron chi connectivity index (χ2n) is 6.42. The van der Waals surface area contributed by atoms with Crippen molar-refractivity contribution in [2.24, 2.45) is 0 Å². The number of carbonyl (C=O) groups excluding carboxylic acids is 1. The lowest BCUT2D eigenvalue weighted by Crippen LogP contribution is -2.36. The number of nitrogens with zero attached hydrogens (tertiary/aromatic N) is 4. The molecule has 0 unspecified atom stereocenters. The molecule has 1 aromatic heterocycles. The third-order valence-corrected chi connectivity index (χ3v) is 5.66. The van der Waals surface area contributed by atoms with Crippen molar-refractivity contribution in [2.75, 3.05) is 19.6 Å². The van der Waals surface area contributed by atoms with Crippen LogP contribution in [0.3, 0.4) is 0 Å². The highest BCUT2D eigenvalue weighted by Crippen LogP contribution is 2.27. The van der Waals surface area contributed by atoms with Gasteiger partial charge >= 0.3 is 0 Å². The number of halogens is 1. The molecule has 2 aromatic rings. The Hall–Kier alpha value is -1.73. The highest BCUT2D eigenvalue weighted by molar-refractivity contribution is 9.10. The number of benzene rings is 1. The van der Waals surface area contributed by atoms with Crippen LogP contribution in [0.25, 0.3) is 0 Å². The topological polar surface area (TPSA) is 63.1 Å². The Morgan fingerprint density at radius 2 is 2.12 bits per heavy atom. The molecule has 2 aliphatic rings. The highest BCUT2D eigenvalue weighted by Gasteiger charge is 2.26. The smallest absolute Gasteiger partial charge is 0.276 e. The molecule has 1 saturated heterocycles. The summed E-state index contributed by atoms with van der Waals surface area (Å²) >= 11 is 3.60. The number of carbonyl (C=O) groups is 1. The number of hydrogen-bond donors (Lipinski definition) is 1. The van der Waals surface area contributed by atoms with Gasteiger partial charge in [0, 0.05) is 17.6 Å². The van der Waals surface area contributed by atoms with Crippen molar-refractivity contribution in [3.8, 4) is 0 Å². The quantitative estimate of drug-likeness (QED) is 0.854. The number of piperidine rings is 1. The average molecular weight is 390 g/mol. The second-order valence-corrected chi connectivity index (χ2v) is 7.27. The molecule has 3 heterocycles. The number of amides is 1. The molecule has 1 amide bonds. The van der Waals surface area contributed by atoms with Gasteiger partial charge in [0.05, 0.1) is 12.2 Å². The lowest BCUT2D eigenvalue weighted by Gasteiger charge is -2.29. The maximum atomic E-state index is 12.8. The Bertz CT molecular complexity index is 753. The fourth-order valence-electron chi connectivity index (χ4n) is 3.50. The summed E-state index contributed by atoms with van der Waals surface area (Å²) in [7, 11) is 0. The largest absolute Gasteiger partial charge is 0.332 e. The predicted octanol–water partition coefficient (Wildman–Crippen LogP) is 2.16. The maximum Gasteiger partial charge on any atom is 0.276 e. The van der Waals surface area contributed by atoms with Gasteiger partial charge in [0.25, 0.3) is 5.91 Å². The number of aromatic nitrogens is 3. The second kappa shape index (κ2) is 6.64. The van der Waals surface area contributed by atoms with Crippen LogP contribution in [0.2, 0.25) is 0 Å². The zero-order chi connectivity index (χ0) is 16.5. The van der Waals surface area contributed by atoms with Crippen LogP contribution in [0.4, 0.5) is 0 Å². The van der Waals surface area contributed by atoms with E-state index in [9.17, 15) is 4.79 Å². The molecule has 2 aliphatic heterocycles. The number of rotatable bonds is 2. The third kappa shape index (κ3) is 2.98. The SMILES string of the molecule is O=C(c1cn(C2CCNCC2)nn1)N1CCc2cccc(Br)c2C1. The summed E-state index contributed by atoms with van der Waals surface area (Å²) in [5, 5.41) is 11.7. The molecule has 7 heteroatoms. The molecule has 6 nitrogen and oxygen atoms in total. The van der Waals surface area contributed by atoms with Crippen LogP contribution < -0.4 is 5.32 Å². The molecule has 1 N–H and O–H groups in total. The lowest BCUT2D eigenvalue weighted by atomic mass is 10.00. The first-order valence-electron chi connectivity index (χ1n) is 8.40. The van der Waals surface area contributed by atoms with E-state index in [2.05, 4.69) is 37.6 Å². The van der Waals surface area contributed by atoms with E-state index in [1.165, 1.54) is 11.1 Å². The summed E-state index contributed by atoms with van der Waals surface area (Å²) in [5.74, 6) is -0.0309. The van der Waals surface area contributed by atoms with Gasteiger partial charge in [0.1, 0.15) is 0 Å². The minimum atomic E-state index is -0.0309. The summed E-state index contributed by atoms with van der Waals surface area (Å²) in [6, 6.07) is 6.55. The van der Waals surface area contributed by atoms with Crippen LogP contribution in [-0.2, 0) is 13.0 Å². The molecule has 0 bridgehead atoms. The van der Waals surface area contributed by atoms with Gasteiger partial charge in [-0.25, -0.2) is 4.68 Å². The Kier molecular flexibility index (Phi) is 4.37. The first-order valence-corrected chi connectivity index (χ1v) is 9.20. The molecule has 0 saturated carbocycles. The van der Waals surface area contributed by atoms with E-state index < -0.39 is 0 Å². The maximum absolute atomic E-state index is 12.8. The van der Waals surface area contributed by atoms with E-state index in [4.69, 9.17) is 0 Å². The van der Waals surface area contributed by atoms with Crippen molar-refractivity contribution in [2.45, 2.75) is 31.8 Å². The van der Waals surface area contributed by atoms with Gasteiger partial charge in [-0.15, -0.1) is 5.10 Å². The fraction of sp³-hybridized carbons (Fsp3) is 0.471. The zero-order valence-corrected chi connectivity index (χ0v) is 15.0. The molecule has 0 aliphatic carbocycles. The van der Waals surface area contributed by atoms with E-state index in [1.807, 2.05) is 27.9 Å². The van der Waals surface area contributed by atoms with Gasteiger partial charge in [-0.3, -0.25) is 4.79 Å². The molecule has 1 aromatic carbocycles. The van der Waals surface area contributed by atoms with Crippen molar-refractivity contribution >= 4 is 21.8 Å². The summed E-state index contributed by atoms with van der Waals surface area (Å²) < 4.78 is 2.93. The Balaban J connectivity index is 1.50. The van der Waals surface area contributed by atoms with E-state index >= 15 is 0 Å². The Labute approximate surface area is 149 Å². The summed E-state index contributed by atoms with van der Waals surface area (Å²) in [6.07, 6.45) is 4.75. The first-order chi connectivity index (χ1) is 11.7. The number of hydrogen-bond acceptors (Lipinski definition) is 4. The molecule has 0 spiro atoms. The zero-order valence-electron chi connectivity index (χ0n) is 13.4. The Morgan fingerprint density at radius 1 is 1.29 bits per heavy atom. The Morgan fingerprint density at radius 3 is 2.96 bits per heavy atom. The van der Waals surface area contributed by atoms with Crippen LogP contribution in [0.1, 0.15) is 40.5 Å².